The molecule has 124 valence electrons. The van der Waals surface area contributed by atoms with Gasteiger partial charge in [-0.1, -0.05) is 32.0 Å². The number of carbonyl (C=O) groups is 1. The van der Waals surface area contributed by atoms with Crippen molar-refractivity contribution in [3.63, 3.8) is 0 Å². The van der Waals surface area contributed by atoms with Gasteiger partial charge in [0.05, 0.1) is 11.9 Å². The molecule has 0 aliphatic carbocycles. The Morgan fingerprint density at radius 2 is 1.55 bits per heavy atom. The van der Waals surface area contributed by atoms with Crippen LogP contribution in [0.5, 0.6) is 0 Å². The maximum absolute atomic E-state index is 12.3. The maximum Gasteiger partial charge on any atom is 0.232 e. The van der Waals surface area contributed by atoms with Crippen LogP contribution < -0.4 is 4.31 Å². The van der Waals surface area contributed by atoms with Gasteiger partial charge in [-0.25, -0.2) is 8.42 Å². The molecule has 22 heavy (non-hydrogen) atoms. The molecular formula is C16H26N2O3S. The number of sulfonamides is 1. The van der Waals surface area contributed by atoms with Crippen molar-refractivity contribution in [1.82, 2.24) is 4.90 Å². The molecule has 0 atom stereocenters. The summed E-state index contributed by atoms with van der Waals surface area (Å²) in [5, 5.41) is 0. The summed E-state index contributed by atoms with van der Waals surface area (Å²) in [7, 11) is -3.40. The fraction of sp³-hybridized carbons (Fsp3) is 0.562. The monoisotopic (exact) mass is 326 g/mol. The van der Waals surface area contributed by atoms with E-state index in [1.807, 2.05) is 24.8 Å². The largest absolute Gasteiger partial charge is 0.343 e. The molecule has 0 radical (unpaired) electrons. The highest BCUT2D eigenvalue weighted by molar-refractivity contribution is 7.92. The van der Waals surface area contributed by atoms with Gasteiger partial charge in [0.2, 0.25) is 15.9 Å². The molecule has 0 heterocycles. The van der Waals surface area contributed by atoms with Gasteiger partial charge < -0.3 is 4.90 Å². The maximum atomic E-state index is 12.3. The lowest BCUT2D eigenvalue weighted by Gasteiger charge is -2.25. The molecule has 1 aromatic carbocycles. The lowest BCUT2D eigenvalue weighted by molar-refractivity contribution is -0.131. The van der Waals surface area contributed by atoms with Crippen LogP contribution in [0.15, 0.2) is 30.3 Å². The Balaban J connectivity index is 2.78. The second-order valence-electron chi connectivity index (χ2n) is 5.30. The van der Waals surface area contributed by atoms with Gasteiger partial charge in [0, 0.05) is 26.1 Å². The Kier molecular flexibility index (Phi) is 7.38. The highest BCUT2D eigenvalue weighted by Crippen LogP contribution is 2.17. The lowest BCUT2D eigenvalue weighted by atomic mass is 10.2. The van der Waals surface area contributed by atoms with Gasteiger partial charge in [-0.05, 0) is 25.0 Å². The SMILES string of the molecule is CCCN(CCC)C(=O)CCN(c1ccccc1)S(C)(=O)=O. The van der Waals surface area contributed by atoms with Crippen LogP contribution in [-0.2, 0) is 14.8 Å². The second-order valence-corrected chi connectivity index (χ2v) is 7.21. The van der Waals surface area contributed by atoms with Crippen LogP contribution in [-0.4, -0.2) is 45.1 Å². The summed E-state index contributed by atoms with van der Waals surface area (Å²) in [5.41, 5.74) is 0.593. The highest BCUT2D eigenvalue weighted by atomic mass is 32.2. The number of amides is 1. The van der Waals surface area contributed by atoms with E-state index in [9.17, 15) is 13.2 Å². The van der Waals surface area contributed by atoms with Crippen LogP contribution in [0.3, 0.4) is 0 Å². The molecule has 0 saturated carbocycles. The van der Waals surface area contributed by atoms with E-state index in [0.29, 0.717) is 5.69 Å². The fourth-order valence-corrected chi connectivity index (χ4v) is 3.26. The van der Waals surface area contributed by atoms with Crippen molar-refractivity contribution in [2.45, 2.75) is 33.1 Å². The highest BCUT2D eigenvalue weighted by Gasteiger charge is 2.20. The minimum atomic E-state index is -3.40. The Morgan fingerprint density at radius 3 is 2.00 bits per heavy atom. The first-order valence-electron chi connectivity index (χ1n) is 7.70. The van der Waals surface area contributed by atoms with E-state index < -0.39 is 10.0 Å². The van der Waals surface area contributed by atoms with Crippen LogP contribution in [0.2, 0.25) is 0 Å². The third-order valence-electron chi connectivity index (χ3n) is 3.31. The number of benzene rings is 1. The molecule has 1 aromatic rings. The molecule has 6 heteroatoms. The number of hydrogen-bond donors (Lipinski definition) is 0. The normalized spacial score (nSPS) is 11.2. The van der Waals surface area contributed by atoms with Gasteiger partial charge in [0.15, 0.2) is 0 Å². The Labute approximate surface area is 134 Å². The predicted molar refractivity (Wildman–Crippen MR) is 90.4 cm³/mol. The molecule has 0 N–H and O–H groups in total. The van der Waals surface area contributed by atoms with Crippen molar-refractivity contribution in [2.75, 3.05) is 30.2 Å². The minimum absolute atomic E-state index is 0.00767. The molecule has 0 aliphatic heterocycles. The van der Waals surface area contributed by atoms with E-state index in [0.717, 1.165) is 25.9 Å². The first-order valence-corrected chi connectivity index (χ1v) is 9.55. The molecule has 5 nitrogen and oxygen atoms in total. The summed E-state index contributed by atoms with van der Waals surface area (Å²) in [6.45, 7) is 5.67. The van der Waals surface area contributed by atoms with Crippen LogP contribution in [0.4, 0.5) is 5.69 Å². The minimum Gasteiger partial charge on any atom is -0.343 e. The zero-order valence-electron chi connectivity index (χ0n) is 13.7. The van der Waals surface area contributed by atoms with Crippen molar-refractivity contribution < 1.29 is 13.2 Å². The molecule has 0 aromatic heterocycles. The first-order chi connectivity index (χ1) is 10.4. The van der Waals surface area contributed by atoms with Crippen molar-refractivity contribution in [3.05, 3.63) is 30.3 Å². The standard InChI is InChI=1S/C16H26N2O3S/c1-4-12-17(13-5-2)16(19)11-14-18(22(3,20)21)15-9-7-6-8-10-15/h6-10H,4-5,11-14H2,1-3H3. The van der Waals surface area contributed by atoms with E-state index in [4.69, 9.17) is 0 Å². The van der Waals surface area contributed by atoms with Crippen molar-refractivity contribution >= 4 is 21.6 Å². The van der Waals surface area contributed by atoms with Crippen LogP contribution in [0.1, 0.15) is 33.1 Å². The summed E-state index contributed by atoms with van der Waals surface area (Å²) in [6.07, 6.45) is 3.17. The number of anilines is 1. The van der Waals surface area contributed by atoms with Crippen molar-refractivity contribution in [1.29, 1.82) is 0 Å². The topological polar surface area (TPSA) is 57.7 Å². The second kappa shape index (κ2) is 8.78. The molecule has 1 amide bonds. The quantitative estimate of drug-likeness (QED) is 0.700. The number of para-hydroxylation sites is 1. The Morgan fingerprint density at radius 1 is 1.00 bits per heavy atom. The molecule has 0 fully saturated rings. The number of hydrogen-bond acceptors (Lipinski definition) is 3. The summed E-state index contributed by atoms with van der Waals surface area (Å²) >= 11 is 0. The van der Waals surface area contributed by atoms with E-state index in [-0.39, 0.29) is 18.9 Å². The molecule has 0 spiro atoms. The van der Waals surface area contributed by atoms with E-state index in [2.05, 4.69) is 0 Å². The van der Waals surface area contributed by atoms with Crippen LogP contribution >= 0.6 is 0 Å². The number of rotatable bonds is 9. The number of nitrogens with zero attached hydrogens (tertiary/aromatic N) is 2. The average molecular weight is 326 g/mol. The summed E-state index contributed by atoms with van der Waals surface area (Å²) in [4.78, 5) is 14.1. The van der Waals surface area contributed by atoms with Gasteiger partial charge >= 0.3 is 0 Å². The molecule has 0 unspecified atom stereocenters. The van der Waals surface area contributed by atoms with E-state index in [1.165, 1.54) is 10.6 Å². The van der Waals surface area contributed by atoms with Crippen LogP contribution in [0.25, 0.3) is 0 Å². The van der Waals surface area contributed by atoms with Gasteiger partial charge in [0.1, 0.15) is 0 Å². The first kappa shape index (κ1) is 18.5. The zero-order chi connectivity index (χ0) is 16.6. The van der Waals surface area contributed by atoms with Gasteiger partial charge in [-0.2, -0.15) is 0 Å². The van der Waals surface area contributed by atoms with Gasteiger partial charge in [-0.3, -0.25) is 9.10 Å². The van der Waals surface area contributed by atoms with E-state index >= 15 is 0 Å². The number of carbonyl (C=O) groups excluding carboxylic acids is 1. The molecule has 1 rings (SSSR count). The lowest BCUT2D eigenvalue weighted by Crippen LogP contribution is -2.37. The summed E-state index contributed by atoms with van der Waals surface area (Å²) < 4.78 is 25.2. The van der Waals surface area contributed by atoms with Gasteiger partial charge in [0.25, 0.3) is 0 Å². The van der Waals surface area contributed by atoms with Crippen molar-refractivity contribution in [3.8, 4) is 0 Å². The molecule has 0 aliphatic rings. The molecular weight excluding hydrogens is 300 g/mol. The fourth-order valence-electron chi connectivity index (χ4n) is 2.34. The average Bonchev–Trinajstić information content (AvgIpc) is 2.46. The van der Waals surface area contributed by atoms with Crippen LogP contribution in [0, 0.1) is 0 Å². The molecule has 0 saturated heterocycles. The predicted octanol–water partition coefficient (Wildman–Crippen LogP) is 2.49. The summed E-state index contributed by atoms with van der Waals surface area (Å²) in [5.74, 6) is 0.00767. The van der Waals surface area contributed by atoms with Gasteiger partial charge in [-0.15, -0.1) is 0 Å². The van der Waals surface area contributed by atoms with E-state index in [1.54, 1.807) is 24.3 Å². The Hall–Kier alpha value is -1.56. The Bertz CT molecular complexity index is 552. The third kappa shape index (κ3) is 5.67. The summed E-state index contributed by atoms with van der Waals surface area (Å²) in [6, 6.07) is 8.88. The third-order valence-corrected chi connectivity index (χ3v) is 4.51. The smallest absolute Gasteiger partial charge is 0.232 e. The zero-order valence-corrected chi connectivity index (χ0v) is 14.5. The van der Waals surface area contributed by atoms with Crippen molar-refractivity contribution in [2.24, 2.45) is 0 Å². The molecule has 0 bridgehead atoms.